The van der Waals surface area contributed by atoms with E-state index in [0.717, 1.165) is 25.5 Å². The van der Waals surface area contributed by atoms with E-state index in [2.05, 4.69) is 15.4 Å². The first kappa shape index (κ1) is 20.7. The summed E-state index contributed by atoms with van der Waals surface area (Å²) in [5, 5.41) is 11.5. The summed E-state index contributed by atoms with van der Waals surface area (Å²) in [7, 11) is 1.48. The summed E-state index contributed by atoms with van der Waals surface area (Å²) in [5.41, 5.74) is -0.648. The van der Waals surface area contributed by atoms with Crippen molar-refractivity contribution in [3.8, 4) is 0 Å². The number of aryl methyl sites for hydroxylation is 1. The van der Waals surface area contributed by atoms with Gasteiger partial charge >= 0.3 is 17.9 Å². The van der Waals surface area contributed by atoms with Crippen molar-refractivity contribution in [1.29, 1.82) is 0 Å². The Morgan fingerprint density at radius 1 is 1.03 bits per heavy atom. The SMILES string of the molecule is CC(=O)OC1OC(n2nnc3c(Cl)nn(C)c3c2=O)C(OC(C)=O)C1OC(C)=O. The molecule has 1 aliphatic rings. The molecule has 0 aliphatic carbocycles. The summed E-state index contributed by atoms with van der Waals surface area (Å²) in [6, 6.07) is 0. The van der Waals surface area contributed by atoms with Crippen LogP contribution in [0.1, 0.15) is 27.0 Å². The molecule has 0 bridgehead atoms. The number of carbonyl (C=O) groups is 3. The van der Waals surface area contributed by atoms with Gasteiger partial charge in [0.15, 0.2) is 22.3 Å². The van der Waals surface area contributed by atoms with Gasteiger partial charge in [0, 0.05) is 27.8 Å². The fourth-order valence-electron chi connectivity index (χ4n) is 2.91. The van der Waals surface area contributed by atoms with Gasteiger partial charge in [-0.2, -0.15) is 9.78 Å². The lowest BCUT2D eigenvalue weighted by Gasteiger charge is -2.22. The zero-order valence-corrected chi connectivity index (χ0v) is 16.4. The Balaban J connectivity index is 2.11. The molecule has 14 heteroatoms. The number of hydrogen-bond acceptors (Lipinski definition) is 11. The number of carbonyl (C=O) groups excluding carboxylic acids is 3. The van der Waals surface area contributed by atoms with Gasteiger partial charge in [0.05, 0.1) is 0 Å². The minimum Gasteiger partial charge on any atom is -0.453 e. The topological polar surface area (TPSA) is 154 Å². The van der Waals surface area contributed by atoms with Crippen molar-refractivity contribution in [3.63, 3.8) is 0 Å². The first-order valence-corrected chi connectivity index (χ1v) is 8.62. The molecule has 0 saturated carbocycles. The molecule has 0 aromatic carbocycles. The second kappa shape index (κ2) is 7.75. The van der Waals surface area contributed by atoms with E-state index >= 15 is 0 Å². The number of esters is 3. The third kappa shape index (κ3) is 3.91. The molecule has 0 amide bonds. The van der Waals surface area contributed by atoms with Crippen molar-refractivity contribution in [3.05, 3.63) is 15.5 Å². The zero-order valence-electron chi connectivity index (χ0n) is 15.7. The van der Waals surface area contributed by atoms with Gasteiger partial charge in [-0.3, -0.25) is 23.9 Å². The van der Waals surface area contributed by atoms with E-state index in [-0.39, 0.29) is 16.2 Å². The van der Waals surface area contributed by atoms with Crippen molar-refractivity contribution in [2.45, 2.75) is 45.5 Å². The van der Waals surface area contributed by atoms with E-state index in [1.54, 1.807) is 0 Å². The second-order valence-corrected chi connectivity index (χ2v) is 6.46. The molecule has 0 radical (unpaired) electrons. The Hall–Kier alpha value is -3.06. The predicted octanol–water partition coefficient (Wildman–Crippen LogP) is -0.540. The molecule has 4 unspecified atom stereocenters. The van der Waals surface area contributed by atoms with Crippen LogP contribution in [-0.2, 0) is 40.4 Å². The van der Waals surface area contributed by atoms with E-state index in [0.29, 0.717) is 0 Å². The number of ether oxygens (including phenoxy) is 4. The highest BCUT2D eigenvalue weighted by Crippen LogP contribution is 2.34. The van der Waals surface area contributed by atoms with Gasteiger partial charge in [-0.25, -0.2) is 0 Å². The molecule has 29 heavy (non-hydrogen) atoms. The first-order valence-electron chi connectivity index (χ1n) is 8.25. The highest BCUT2D eigenvalue weighted by molar-refractivity contribution is 6.33. The Labute approximate surface area is 167 Å². The molecule has 0 spiro atoms. The fourth-order valence-corrected chi connectivity index (χ4v) is 3.15. The number of nitrogens with zero attached hydrogens (tertiary/aromatic N) is 5. The van der Waals surface area contributed by atoms with Gasteiger partial charge in [-0.15, -0.1) is 5.10 Å². The normalized spacial score (nSPS) is 23.8. The highest BCUT2D eigenvalue weighted by Gasteiger charge is 2.53. The summed E-state index contributed by atoms with van der Waals surface area (Å²) in [4.78, 5) is 47.5. The van der Waals surface area contributed by atoms with Crippen LogP contribution >= 0.6 is 11.6 Å². The first-order chi connectivity index (χ1) is 13.6. The van der Waals surface area contributed by atoms with Crippen molar-refractivity contribution in [1.82, 2.24) is 24.8 Å². The van der Waals surface area contributed by atoms with Crippen molar-refractivity contribution < 1.29 is 33.3 Å². The van der Waals surface area contributed by atoms with E-state index in [1.807, 2.05) is 0 Å². The van der Waals surface area contributed by atoms with E-state index in [4.69, 9.17) is 30.5 Å². The Morgan fingerprint density at radius 3 is 2.21 bits per heavy atom. The Kier molecular flexibility index (Phi) is 5.53. The molecule has 2 aromatic heterocycles. The minimum atomic E-state index is -1.45. The molecule has 1 fully saturated rings. The van der Waals surface area contributed by atoms with Crippen LogP contribution < -0.4 is 5.56 Å². The van der Waals surface area contributed by atoms with Gasteiger partial charge in [0.1, 0.15) is 0 Å². The van der Waals surface area contributed by atoms with Crippen LogP contribution in [-0.4, -0.2) is 61.2 Å². The van der Waals surface area contributed by atoms with Crippen LogP contribution in [0.25, 0.3) is 11.0 Å². The Bertz CT molecular complexity index is 1050. The zero-order chi connectivity index (χ0) is 21.5. The lowest BCUT2D eigenvalue weighted by atomic mass is 10.2. The second-order valence-electron chi connectivity index (χ2n) is 6.10. The van der Waals surface area contributed by atoms with E-state index in [9.17, 15) is 19.2 Å². The quantitative estimate of drug-likeness (QED) is 0.454. The summed E-state index contributed by atoms with van der Waals surface area (Å²) in [6.45, 7) is 3.33. The van der Waals surface area contributed by atoms with Crippen LogP contribution in [0.4, 0.5) is 0 Å². The number of fused-ring (bicyclic) bond motifs is 1. The van der Waals surface area contributed by atoms with Crippen LogP contribution in [0.3, 0.4) is 0 Å². The predicted molar refractivity (Wildman–Crippen MR) is 92.4 cm³/mol. The summed E-state index contributed by atoms with van der Waals surface area (Å²) in [6.07, 6.45) is -5.56. The molecule has 3 rings (SSSR count). The maximum Gasteiger partial charge on any atom is 0.305 e. The third-order valence-corrected chi connectivity index (χ3v) is 4.16. The molecule has 3 heterocycles. The number of hydrogen-bond donors (Lipinski definition) is 0. The standard InChI is InChI=1S/C15H16ClN5O8/c1-5(22)26-10-11(27-6(2)23)15(28-7(3)24)29-14(10)21-13(25)9-8(17-19-21)12(16)18-20(9)4/h10-11,14-15H,1-4H3. The Morgan fingerprint density at radius 2 is 1.62 bits per heavy atom. The average molecular weight is 430 g/mol. The largest absolute Gasteiger partial charge is 0.453 e. The lowest BCUT2D eigenvalue weighted by molar-refractivity contribution is -0.199. The molecule has 2 aromatic rings. The van der Waals surface area contributed by atoms with Crippen molar-refractivity contribution in [2.75, 3.05) is 0 Å². The molecule has 1 aliphatic heterocycles. The summed E-state index contributed by atoms with van der Waals surface area (Å²) < 4.78 is 22.9. The van der Waals surface area contributed by atoms with Crippen molar-refractivity contribution in [2.24, 2.45) is 7.05 Å². The molecule has 0 N–H and O–H groups in total. The van der Waals surface area contributed by atoms with Gasteiger partial charge in [0.2, 0.25) is 18.6 Å². The fraction of sp³-hybridized carbons (Fsp3) is 0.533. The van der Waals surface area contributed by atoms with Crippen LogP contribution in [0.2, 0.25) is 5.15 Å². The molecule has 13 nitrogen and oxygen atoms in total. The maximum absolute atomic E-state index is 12.9. The molecule has 4 atom stereocenters. The smallest absolute Gasteiger partial charge is 0.305 e. The third-order valence-electron chi connectivity index (χ3n) is 3.91. The lowest BCUT2D eigenvalue weighted by Crippen LogP contribution is -2.42. The van der Waals surface area contributed by atoms with Gasteiger partial charge in [0.25, 0.3) is 5.56 Å². The number of aromatic nitrogens is 5. The molecule has 1 saturated heterocycles. The highest BCUT2D eigenvalue weighted by atomic mass is 35.5. The summed E-state index contributed by atoms with van der Waals surface area (Å²) in [5.74, 6) is -2.25. The van der Waals surface area contributed by atoms with E-state index in [1.165, 1.54) is 11.7 Å². The molecule has 156 valence electrons. The van der Waals surface area contributed by atoms with Crippen molar-refractivity contribution >= 4 is 40.5 Å². The average Bonchev–Trinajstić information content (AvgIpc) is 3.05. The van der Waals surface area contributed by atoms with Crippen LogP contribution in [0, 0.1) is 0 Å². The van der Waals surface area contributed by atoms with Crippen LogP contribution in [0.15, 0.2) is 4.79 Å². The van der Waals surface area contributed by atoms with Gasteiger partial charge < -0.3 is 18.9 Å². The molecular weight excluding hydrogens is 414 g/mol. The number of rotatable bonds is 4. The van der Waals surface area contributed by atoms with Gasteiger partial charge in [-0.1, -0.05) is 16.8 Å². The number of halogens is 1. The van der Waals surface area contributed by atoms with Crippen LogP contribution in [0.5, 0.6) is 0 Å². The summed E-state index contributed by atoms with van der Waals surface area (Å²) >= 11 is 5.92. The maximum atomic E-state index is 12.9. The monoisotopic (exact) mass is 429 g/mol. The van der Waals surface area contributed by atoms with E-state index < -0.39 is 48.2 Å². The molecular formula is C15H16ClN5O8. The van der Waals surface area contributed by atoms with Gasteiger partial charge in [-0.05, 0) is 0 Å². The minimum absolute atomic E-state index is 0.00940.